The summed E-state index contributed by atoms with van der Waals surface area (Å²) in [5, 5.41) is 0. The average molecular weight is 194 g/mol. The zero-order valence-electron chi connectivity index (χ0n) is 8.45. The predicted octanol–water partition coefficient (Wildman–Crippen LogP) is 1.78. The summed E-state index contributed by atoms with van der Waals surface area (Å²) >= 11 is 0. The first-order valence-electron chi connectivity index (χ1n) is 4.68. The van der Waals surface area contributed by atoms with E-state index < -0.39 is 0 Å². The third kappa shape index (κ3) is 2.17. The number of epoxide rings is 1. The van der Waals surface area contributed by atoms with E-state index in [0.717, 1.165) is 23.7 Å². The van der Waals surface area contributed by atoms with Crippen LogP contribution >= 0.6 is 0 Å². The van der Waals surface area contributed by atoms with Gasteiger partial charge >= 0.3 is 0 Å². The summed E-state index contributed by atoms with van der Waals surface area (Å²) < 4.78 is 15.8. The molecular formula is C11H14O3. The fourth-order valence-electron chi connectivity index (χ4n) is 1.24. The molecule has 0 spiro atoms. The van der Waals surface area contributed by atoms with Crippen molar-refractivity contribution >= 4 is 0 Å². The van der Waals surface area contributed by atoms with Crippen molar-refractivity contribution in [3.8, 4) is 11.5 Å². The van der Waals surface area contributed by atoms with Crippen molar-refractivity contribution in [1.82, 2.24) is 0 Å². The van der Waals surface area contributed by atoms with Crippen LogP contribution in [0.1, 0.15) is 5.56 Å². The first-order chi connectivity index (χ1) is 6.79. The van der Waals surface area contributed by atoms with E-state index >= 15 is 0 Å². The number of aryl methyl sites for hydroxylation is 1. The van der Waals surface area contributed by atoms with Gasteiger partial charge in [-0.1, -0.05) is 6.07 Å². The second kappa shape index (κ2) is 3.88. The van der Waals surface area contributed by atoms with Gasteiger partial charge in [-0.25, -0.2) is 0 Å². The largest absolute Gasteiger partial charge is 0.493 e. The van der Waals surface area contributed by atoms with Crippen molar-refractivity contribution in [2.45, 2.75) is 13.0 Å². The van der Waals surface area contributed by atoms with Crippen LogP contribution in [0.2, 0.25) is 0 Å². The summed E-state index contributed by atoms with van der Waals surface area (Å²) in [6.45, 7) is 3.45. The molecule has 2 rings (SSSR count). The predicted molar refractivity (Wildman–Crippen MR) is 53.0 cm³/mol. The zero-order chi connectivity index (χ0) is 9.97. The van der Waals surface area contributed by atoms with Crippen LogP contribution in [0.15, 0.2) is 18.2 Å². The summed E-state index contributed by atoms with van der Waals surface area (Å²) in [6, 6.07) is 5.89. The van der Waals surface area contributed by atoms with Gasteiger partial charge < -0.3 is 14.2 Å². The third-order valence-corrected chi connectivity index (χ3v) is 2.15. The number of benzene rings is 1. The lowest BCUT2D eigenvalue weighted by molar-refractivity contribution is 0.252. The van der Waals surface area contributed by atoms with Crippen molar-refractivity contribution < 1.29 is 14.2 Å². The Morgan fingerprint density at radius 2 is 2.21 bits per heavy atom. The van der Waals surface area contributed by atoms with E-state index in [1.165, 1.54) is 0 Å². The first kappa shape index (κ1) is 9.34. The molecule has 3 heteroatoms. The highest BCUT2D eigenvalue weighted by atomic mass is 16.6. The third-order valence-electron chi connectivity index (χ3n) is 2.15. The SMILES string of the molecule is COc1cc(C)ccc1OC[C@@H]1CO1. The number of ether oxygens (including phenoxy) is 3. The highest BCUT2D eigenvalue weighted by molar-refractivity contribution is 5.42. The van der Waals surface area contributed by atoms with Gasteiger partial charge in [0.25, 0.3) is 0 Å². The fraction of sp³-hybridized carbons (Fsp3) is 0.455. The molecule has 1 atom stereocenters. The number of hydrogen-bond donors (Lipinski definition) is 0. The van der Waals surface area contributed by atoms with E-state index in [1.807, 2.05) is 25.1 Å². The summed E-state index contributed by atoms with van der Waals surface area (Å²) in [6.07, 6.45) is 0.279. The fourth-order valence-corrected chi connectivity index (χ4v) is 1.24. The van der Waals surface area contributed by atoms with Crippen LogP contribution in [-0.2, 0) is 4.74 Å². The molecule has 14 heavy (non-hydrogen) atoms. The molecule has 1 heterocycles. The lowest BCUT2D eigenvalue weighted by Gasteiger charge is -2.09. The van der Waals surface area contributed by atoms with Crippen molar-refractivity contribution in [2.24, 2.45) is 0 Å². The van der Waals surface area contributed by atoms with Gasteiger partial charge in [0.05, 0.1) is 13.7 Å². The highest BCUT2D eigenvalue weighted by Crippen LogP contribution is 2.28. The molecule has 1 aromatic rings. The molecule has 76 valence electrons. The highest BCUT2D eigenvalue weighted by Gasteiger charge is 2.23. The van der Waals surface area contributed by atoms with E-state index in [9.17, 15) is 0 Å². The van der Waals surface area contributed by atoms with E-state index in [1.54, 1.807) is 7.11 Å². The second-order valence-corrected chi connectivity index (χ2v) is 3.42. The summed E-state index contributed by atoms with van der Waals surface area (Å²) in [7, 11) is 1.65. The van der Waals surface area contributed by atoms with Gasteiger partial charge in [0.1, 0.15) is 12.7 Å². The van der Waals surface area contributed by atoms with Crippen molar-refractivity contribution in [1.29, 1.82) is 0 Å². The second-order valence-electron chi connectivity index (χ2n) is 3.42. The monoisotopic (exact) mass is 194 g/mol. The quantitative estimate of drug-likeness (QED) is 0.684. The standard InChI is InChI=1S/C11H14O3/c1-8-3-4-10(11(5-8)12-2)14-7-9-6-13-9/h3-5,9H,6-7H2,1-2H3/t9-/m0/s1. The molecule has 0 saturated carbocycles. The Morgan fingerprint density at radius 1 is 1.43 bits per heavy atom. The van der Waals surface area contributed by atoms with Crippen molar-refractivity contribution in [2.75, 3.05) is 20.3 Å². The van der Waals surface area contributed by atoms with Gasteiger partial charge in [-0.2, -0.15) is 0 Å². The van der Waals surface area contributed by atoms with Crippen LogP contribution in [0.3, 0.4) is 0 Å². The van der Waals surface area contributed by atoms with E-state index in [2.05, 4.69) is 0 Å². The topological polar surface area (TPSA) is 31.0 Å². The van der Waals surface area contributed by atoms with E-state index in [-0.39, 0.29) is 6.10 Å². The minimum absolute atomic E-state index is 0.279. The van der Waals surface area contributed by atoms with Gasteiger partial charge in [-0.15, -0.1) is 0 Å². The smallest absolute Gasteiger partial charge is 0.161 e. The molecule has 0 aliphatic carbocycles. The number of methoxy groups -OCH3 is 1. The maximum atomic E-state index is 5.56. The van der Waals surface area contributed by atoms with Gasteiger partial charge in [0.15, 0.2) is 11.5 Å². The van der Waals surface area contributed by atoms with Crippen LogP contribution in [0.4, 0.5) is 0 Å². The number of hydrogen-bond acceptors (Lipinski definition) is 3. The van der Waals surface area contributed by atoms with Gasteiger partial charge in [-0.3, -0.25) is 0 Å². The Morgan fingerprint density at radius 3 is 2.86 bits per heavy atom. The molecule has 0 radical (unpaired) electrons. The van der Waals surface area contributed by atoms with Crippen LogP contribution in [-0.4, -0.2) is 26.4 Å². The zero-order valence-corrected chi connectivity index (χ0v) is 8.45. The Balaban J connectivity index is 2.05. The van der Waals surface area contributed by atoms with Gasteiger partial charge in [0, 0.05) is 0 Å². The Hall–Kier alpha value is -1.22. The molecule has 0 amide bonds. The molecule has 1 saturated heterocycles. The Bertz CT molecular complexity index is 318. The summed E-state index contributed by atoms with van der Waals surface area (Å²) in [4.78, 5) is 0. The minimum atomic E-state index is 0.279. The number of rotatable bonds is 4. The van der Waals surface area contributed by atoms with Gasteiger partial charge in [0.2, 0.25) is 0 Å². The maximum absolute atomic E-state index is 5.56. The average Bonchev–Trinajstić information content (AvgIpc) is 2.99. The first-order valence-corrected chi connectivity index (χ1v) is 4.68. The maximum Gasteiger partial charge on any atom is 0.161 e. The van der Waals surface area contributed by atoms with E-state index in [4.69, 9.17) is 14.2 Å². The lowest BCUT2D eigenvalue weighted by atomic mass is 10.2. The normalized spacial score (nSPS) is 19.1. The molecule has 0 N–H and O–H groups in total. The van der Waals surface area contributed by atoms with Crippen molar-refractivity contribution in [3.63, 3.8) is 0 Å². The molecule has 0 aromatic heterocycles. The van der Waals surface area contributed by atoms with Crippen LogP contribution < -0.4 is 9.47 Å². The molecule has 1 aromatic carbocycles. The molecule has 3 nitrogen and oxygen atoms in total. The Kier molecular flexibility index (Phi) is 2.59. The van der Waals surface area contributed by atoms with Crippen molar-refractivity contribution in [3.05, 3.63) is 23.8 Å². The minimum Gasteiger partial charge on any atom is -0.493 e. The van der Waals surface area contributed by atoms with Crippen LogP contribution in [0, 0.1) is 6.92 Å². The van der Waals surface area contributed by atoms with Crippen LogP contribution in [0.5, 0.6) is 11.5 Å². The molecular weight excluding hydrogens is 180 g/mol. The molecule has 1 aliphatic rings. The molecule has 1 fully saturated rings. The summed E-state index contributed by atoms with van der Waals surface area (Å²) in [5.41, 5.74) is 1.16. The lowest BCUT2D eigenvalue weighted by Crippen LogP contribution is -2.05. The molecule has 0 bridgehead atoms. The summed E-state index contributed by atoms with van der Waals surface area (Å²) in [5.74, 6) is 1.57. The van der Waals surface area contributed by atoms with Gasteiger partial charge in [-0.05, 0) is 24.6 Å². The Labute approximate surface area is 83.6 Å². The van der Waals surface area contributed by atoms with E-state index in [0.29, 0.717) is 6.61 Å². The molecule has 1 aliphatic heterocycles. The van der Waals surface area contributed by atoms with Crippen LogP contribution in [0.25, 0.3) is 0 Å². The molecule has 0 unspecified atom stereocenters.